The first kappa shape index (κ1) is 21.6. The van der Waals surface area contributed by atoms with Crippen molar-refractivity contribution < 1.29 is 19.5 Å². The Bertz CT molecular complexity index is 525. The summed E-state index contributed by atoms with van der Waals surface area (Å²) < 4.78 is 0. The lowest BCUT2D eigenvalue weighted by molar-refractivity contribution is -0.134. The Kier molecular flexibility index (Phi) is 10.9. The minimum Gasteiger partial charge on any atom is -0.481 e. The number of nitrogens with one attached hydrogen (secondary N) is 1. The first-order chi connectivity index (χ1) is 11.3. The maximum absolute atomic E-state index is 12.0. The van der Waals surface area contributed by atoms with Gasteiger partial charge in [0.05, 0.1) is 0 Å². The van der Waals surface area contributed by atoms with Gasteiger partial charge in [0.2, 0.25) is 5.91 Å². The van der Waals surface area contributed by atoms with E-state index in [0.29, 0.717) is 18.5 Å². The molecule has 1 aromatic rings. The fraction of sp³-hybridized carbons (Fsp3) is 0.471. The quantitative estimate of drug-likeness (QED) is 0.562. The Labute approximate surface area is 142 Å². The van der Waals surface area contributed by atoms with E-state index in [4.69, 9.17) is 21.4 Å². The summed E-state index contributed by atoms with van der Waals surface area (Å²) in [6, 6.07) is 6.60. The van der Waals surface area contributed by atoms with E-state index in [1.165, 1.54) is 0 Å². The van der Waals surface area contributed by atoms with Crippen LogP contribution in [-0.4, -0.2) is 35.5 Å². The van der Waals surface area contributed by atoms with Crippen LogP contribution in [0.5, 0.6) is 0 Å². The normalized spacial score (nSPS) is 11.0. The molecular formula is C17H27N3O4. The molecule has 7 nitrogen and oxygen atoms in total. The van der Waals surface area contributed by atoms with Crippen LogP contribution in [0, 0.1) is 0 Å². The number of aliphatic carboxylic acids is 1. The second-order valence-corrected chi connectivity index (χ2v) is 5.33. The van der Waals surface area contributed by atoms with Crippen LogP contribution in [-0.2, 0) is 16.0 Å². The van der Waals surface area contributed by atoms with Gasteiger partial charge in [0.15, 0.2) is 0 Å². The van der Waals surface area contributed by atoms with Gasteiger partial charge >= 0.3 is 0 Å². The van der Waals surface area contributed by atoms with E-state index >= 15 is 0 Å². The average molecular weight is 337 g/mol. The van der Waals surface area contributed by atoms with Gasteiger partial charge in [-0.25, -0.2) is 0 Å². The molecule has 24 heavy (non-hydrogen) atoms. The Hall–Kier alpha value is -2.41. The van der Waals surface area contributed by atoms with Crippen LogP contribution in [0.4, 0.5) is 0 Å². The zero-order valence-electron chi connectivity index (χ0n) is 14.2. The fourth-order valence-electron chi connectivity index (χ4n) is 1.92. The van der Waals surface area contributed by atoms with E-state index in [1.54, 1.807) is 12.1 Å². The van der Waals surface area contributed by atoms with Crippen LogP contribution in [0.3, 0.4) is 0 Å². The van der Waals surface area contributed by atoms with Crippen molar-refractivity contribution in [2.24, 2.45) is 11.5 Å². The third kappa shape index (κ3) is 9.58. The summed E-state index contributed by atoms with van der Waals surface area (Å²) in [5, 5.41) is 10.1. The number of carbonyl (C=O) groups is 3. The van der Waals surface area contributed by atoms with Gasteiger partial charge in [-0.2, -0.15) is 0 Å². The lowest BCUT2D eigenvalue weighted by Gasteiger charge is -2.15. The molecule has 0 fully saturated rings. The molecule has 0 radical (unpaired) electrons. The number of hydrogen-bond donors (Lipinski definition) is 4. The molecule has 0 aliphatic rings. The minimum absolute atomic E-state index is 0.274. The molecule has 134 valence electrons. The number of nitrogens with two attached hydrogens (primary N) is 2. The molecule has 1 rings (SSSR count). The second kappa shape index (κ2) is 12.1. The third-order valence-corrected chi connectivity index (χ3v) is 3.14. The van der Waals surface area contributed by atoms with Crippen molar-refractivity contribution in [2.45, 2.75) is 45.6 Å². The minimum atomic E-state index is -0.833. The van der Waals surface area contributed by atoms with Gasteiger partial charge in [0, 0.05) is 12.5 Å². The lowest BCUT2D eigenvalue weighted by atomic mass is 10.1. The molecule has 0 aliphatic heterocycles. The fourth-order valence-corrected chi connectivity index (χ4v) is 1.92. The van der Waals surface area contributed by atoms with Gasteiger partial charge < -0.3 is 21.9 Å². The smallest absolute Gasteiger partial charge is 0.300 e. The Morgan fingerprint density at radius 1 is 1.21 bits per heavy atom. The molecule has 6 N–H and O–H groups in total. The van der Waals surface area contributed by atoms with Gasteiger partial charge in [-0.15, -0.1) is 0 Å². The zero-order valence-corrected chi connectivity index (χ0v) is 14.2. The molecule has 0 saturated heterocycles. The summed E-state index contributed by atoms with van der Waals surface area (Å²) >= 11 is 0. The molecular weight excluding hydrogens is 310 g/mol. The summed E-state index contributed by atoms with van der Waals surface area (Å²) in [5.74, 6) is -1.60. The number of hydrogen-bond acceptors (Lipinski definition) is 4. The molecule has 1 aromatic carbocycles. The number of rotatable bonds is 8. The summed E-state index contributed by atoms with van der Waals surface area (Å²) in [6.45, 7) is 3.68. The molecule has 0 aromatic heterocycles. The van der Waals surface area contributed by atoms with Crippen molar-refractivity contribution in [2.75, 3.05) is 6.54 Å². The average Bonchev–Trinajstić information content (AvgIpc) is 2.51. The van der Waals surface area contributed by atoms with Crippen molar-refractivity contribution in [3.63, 3.8) is 0 Å². The number of carbonyl (C=O) groups excluding carboxylic acids is 2. The van der Waals surface area contributed by atoms with Gasteiger partial charge in [-0.1, -0.05) is 31.9 Å². The number of unbranched alkanes of at least 4 members (excludes halogenated alkanes) is 1. The molecule has 7 heteroatoms. The van der Waals surface area contributed by atoms with Crippen molar-refractivity contribution in [3.8, 4) is 0 Å². The highest BCUT2D eigenvalue weighted by Gasteiger charge is 2.18. The van der Waals surface area contributed by atoms with E-state index in [9.17, 15) is 9.59 Å². The summed E-state index contributed by atoms with van der Waals surface area (Å²) in [7, 11) is 0. The van der Waals surface area contributed by atoms with Gasteiger partial charge in [0.1, 0.15) is 6.04 Å². The predicted molar refractivity (Wildman–Crippen MR) is 92.5 cm³/mol. The third-order valence-electron chi connectivity index (χ3n) is 3.14. The molecule has 0 aliphatic carbocycles. The van der Waals surface area contributed by atoms with Crippen LogP contribution in [0.1, 0.15) is 49.0 Å². The van der Waals surface area contributed by atoms with E-state index in [0.717, 1.165) is 31.7 Å². The predicted octanol–water partition coefficient (Wildman–Crippen LogP) is 1.05. The highest BCUT2D eigenvalue weighted by molar-refractivity contribution is 5.97. The highest BCUT2D eigenvalue weighted by Crippen LogP contribution is 2.07. The van der Waals surface area contributed by atoms with Crippen LogP contribution >= 0.6 is 0 Å². The number of carboxylic acid groups (broad SMARTS) is 1. The highest BCUT2D eigenvalue weighted by atomic mass is 16.4. The first-order valence-corrected chi connectivity index (χ1v) is 7.90. The van der Waals surface area contributed by atoms with Crippen LogP contribution in [0.25, 0.3) is 0 Å². The van der Waals surface area contributed by atoms with Crippen molar-refractivity contribution >= 4 is 17.8 Å². The SMILES string of the molecule is CC(=O)O.CCCCC(NC(=O)c1ccc(CCN)cc1)C(N)=O. The van der Waals surface area contributed by atoms with Gasteiger partial charge in [-0.05, 0) is 37.1 Å². The standard InChI is InChI=1S/C15H23N3O2.C2H4O2/c1-2-3-4-13(14(17)19)18-15(20)12-7-5-11(6-8-12)9-10-16;1-2(3)4/h5-8,13H,2-4,9-10,16H2,1H3,(H2,17,19)(H,18,20);1H3,(H,3,4). The Balaban J connectivity index is 0.00000118. The number of benzene rings is 1. The molecule has 2 amide bonds. The zero-order chi connectivity index (χ0) is 18.5. The Morgan fingerprint density at radius 3 is 2.17 bits per heavy atom. The summed E-state index contributed by atoms with van der Waals surface area (Å²) in [4.78, 5) is 32.4. The van der Waals surface area contributed by atoms with E-state index in [2.05, 4.69) is 5.32 Å². The van der Waals surface area contributed by atoms with Gasteiger partial charge in [0.25, 0.3) is 11.9 Å². The molecule has 1 atom stereocenters. The largest absolute Gasteiger partial charge is 0.481 e. The molecule has 0 bridgehead atoms. The van der Waals surface area contributed by atoms with Crippen LogP contribution in [0.2, 0.25) is 0 Å². The number of amides is 2. The number of primary amides is 1. The molecule has 0 saturated carbocycles. The van der Waals surface area contributed by atoms with E-state index in [1.807, 2.05) is 19.1 Å². The van der Waals surface area contributed by atoms with Gasteiger partial charge in [-0.3, -0.25) is 14.4 Å². The van der Waals surface area contributed by atoms with E-state index < -0.39 is 17.9 Å². The maximum atomic E-state index is 12.0. The Morgan fingerprint density at radius 2 is 1.75 bits per heavy atom. The molecule has 1 unspecified atom stereocenters. The second-order valence-electron chi connectivity index (χ2n) is 5.33. The van der Waals surface area contributed by atoms with Crippen LogP contribution in [0.15, 0.2) is 24.3 Å². The lowest BCUT2D eigenvalue weighted by Crippen LogP contribution is -2.44. The topological polar surface area (TPSA) is 136 Å². The van der Waals surface area contributed by atoms with Crippen LogP contribution < -0.4 is 16.8 Å². The molecule has 0 spiro atoms. The molecule has 0 heterocycles. The van der Waals surface area contributed by atoms with E-state index in [-0.39, 0.29) is 5.91 Å². The maximum Gasteiger partial charge on any atom is 0.300 e. The first-order valence-electron chi connectivity index (χ1n) is 7.90. The summed E-state index contributed by atoms with van der Waals surface area (Å²) in [6.07, 6.45) is 3.15. The number of carboxylic acids is 1. The van der Waals surface area contributed by atoms with Crippen molar-refractivity contribution in [3.05, 3.63) is 35.4 Å². The van der Waals surface area contributed by atoms with Crippen molar-refractivity contribution in [1.29, 1.82) is 0 Å². The van der Waals surface area contributed by atoms with Crippen molar-refractivity contribution in [1.82, 2.24) is 5.32 Å². The summed E-state index contributed by atoms with van der Waals surface area (Å²) in [5.41, 5.74) is 12.4. The monoisotopic (exact) mass is 337 g/mol.